The molecule has 0 spiro atoms. The molecule has 1 aromatic heterocycles. The first-order valence-corrected chi connectivity index (χ1v) is 10.7. The van der Waals surface area contributed by atoms with Crippen LogP contribution in [0.25, 0.3) is 0 Å². The molecule has 0 bridgehead atoms. The van der Waals surface area contributed by atoms with Crippen molar-refractivity contribution in [3.05, 3.63) is 18.2 Å². The minimum atomic E-state index is -1.54. The number of nitrogens with zero attached hydrogens (tertiary/aromatic N) is 1. The fraction of sp³-hybridized carbons (Fsp3) is 0.667. The Morgan fingerprint density at radius 2 is 1.88 bits per heavy atom. The van der Waals surface area contributed by atoms with Crippen molar-refractivity contribution in [2.24, 2.45) is 17.8 Å². The zero-order chi connectivity index (χ0) is 23.7. The lowest BCUT2D eigenvalue weighted by Gasteiger charge is -2.33. The number of H-pyrrole nitrogens is 1. The van der Waals surface area contributed by atoms with Crippen molar-refractivity contribution in [3.8, 4) is 0 Å². The molecule has 1 heterocycles. The molecule has 0 aliphatic heterocycles. The van der Waals surface area contributed by atoms with E-state index in [1.165, 1.54) is 12.5 Å². The number of hydrogen-bond donors (Lipinski definition) is 3. The molecule has 0 saturated heterocycles. The van der Waals surface area contributed by atoms with Crippen LogP contribution in [-0.4, -0.2) is 64.3 Å². The highest BCUT2D eigenvalue weighted by Gasteiger charge is 2.76. The number of alkyl carbamates (subject to hydrolysis) is 1. The smallest absolute Gasteiger partial charge is 0.408 e. The van der Waals surface area contributed by atoms with Crippen molar-refractivity contribution < 1.29 is 33.4 Å². The maximum atomic E-state index is 13.1. The summed E-state index contributed by atoms with van der Waals surface area (Å²) < 4.78 is 15.8. The molecule has 2 fully saturated rings. The van der Waals surface area contributed by atoms with Gasteiger partial charge >= 0.3 is 18.0 Å². The Labute approximate surface area is 186 Å². The van der Waals surface area contributed by atoms with Crippen molar-refractivity contribution >= 4 is 23.9 Å². The third-order valence-electron chi connectivity index (χ3n) is 5.63. The molecular formula is C21H30N4O7. The molecule has 3 N–H and O–H groups in total. The number of nitrogens with one attached hydrogen (secondary N) is 3. The zero-order valence-corrected chi connectivity index (χ0v) is 18.9. The summed E-state index contributed by atoms with van der Waals surface area (Å²) in [4.78, 5) is 57.6. The molecule has 2 saturated carbocycles. The number of hydrogen-bond acceptors (Lipinski definition) is 8. The number of carbonyl (C=O) groups excluding carboxylic acids is 4. The molecule has 3 rings (SSSR count). The number of aromatic amines is 1. The van der Waals surface area contributed by atoms with E-state index in [0.717, 1.165) is 0 Å². The van der Waals surface area contributed by atoms with Gasteiger partial charge in [0.05, 0.1) is 31.7 Å². The first kappa shape index (κ1) is 23.6. The van der Waals surface area contributed by atoms with Gasteiger partial charge in [0, 0.05) is 18.4 Å². The van der Waals surface area contributed by atoms with Gasteiger partial charge in [-0.1, -0.05) is 0 Å². The molecule has 2 aliphatic carbocycles. The van der Waals surface area contributed by atoms with Crippen LogP contribution in [0.15, 0.2) is 12.5 Å². The zero-order valence-electron chi connectivity index (χ0n) is 18.9. The summed E-state index contributed by atoms with van der Waals surface area (Å²) >= 11 is 0. The summed E-state index contributed by atoms with van der Waals surface area (Å²) in [6.07, 6.45) is 1.99. The van der Waals surface area contributed by atoms with Gasteiger partial charge in [0.15, 0.2) is 0 Å². The maximum Gasteiger partial charge on any atom is 0.408 e. The number of esters is 2. The summed E-state index contributed by atoms with van der Waals surface area (Å²) in [5.74, 6) is -3.26. The molecule has 1 aromatic rings. The Balaban J connectivity index is 1.91. The molecule has 2 amide bonds. The highest BCUT2D eigenvalue weighted by Crippen LogP contribution is 2.63. The largest absolute Gasteiger partial charge is 0.466 e. The molecule has 0 aromatic carbocycles. The SMILES string of the molecule is CCOC(=O)C1C2C(NC(=O)c3cnc[nH]3)CC(NC(=O)OC(C)(C)C)(C(=O)OCC)C12. The minimum absolute atomic E-state index is 0.0518. The van der Waals surface area contributed by atoms with Crippen molar-refractivity contribution in [3.63, 3.8) is 0 Å². The summed E-state index contributed by atoms with van der Waals surface area (Å²) in [6.45, 7) is 8.70. The van der Waals surface area contributed by atoms with Crippen molar-refractivity contribution in [1.82, 2.24) is 20.6 Å². The van der Waals surface area contributed by atoms with E-state index in [1.807, 2.05) is 0 Å². The predicted molar refractivity (Wildman–Crippen MR) is 110 cm³/mol. The van der Waals surface area contributed by atoms with Gasteiger partial charge in [-0.25, -0.2) is 14.6 Å². The number of rotatable bonds is 7. The molecular weight excluding hydrogens is 420 g/mol. The van der Waals surface area contributed by atoms with Crippen LogP contribution in [0, 0.1) is 17.8 Å². The van der Waals surface area contributed by atoms with E-state index in [1.54, 1.807) is 34.6 Å². The van der Waals surface area contributed by atoms with Crippen LogP contribution in [0.3, 0.4) is 0 Å². The Bertz CT molecular complexity index is 879. The lowest BCUT2D eigenvalue weighted by atomic mass is 9.88. The van der Waals surface area contributed by atoms with Gasteiger partial charge in [-0.15, -0.1) is 0 Å². The van der Waals surface area contributed by atoms with Crippen molar-refractivity contribution in [2.45, 2.75) is 58.2 Å². The van der Waals surface area contributed by atoms with Gasteiger partial charge in [0.1, 0.15) is 16.8 Å². The topological polar surface area (TPSA) is 149 Å². The molecule has 176 valence electrons. The van der Waals surface area contributed by atoms with E-state index in [4.69, 9.17) is 14.2 Å². The molecule has 0 radical (unpaired) electrons. The van der Waals surface area contributed by atoms with Gasteiger partial charge in [-0.3, -0.25) is 9.59 Å². The van der Waals surface area contributed by atoms with Gasteiger partial charge in [-0.05, 0) is 40.5 Å². The minimum Gasteiger partial charge on any atom is -0.466 e. The van der Waals surface area contributed by atoms with Gasteiger partial charge in [0.2, 0.25) is 0 Å². The normalized spacial score (nSPS) is 28.3. The summed E-state index contributed by atoms with van der Waals surface area (Å²) in [5, 5.41) is 5.53. The number of carbonyl (C=O) groups is 4. The van der Waals surface area contributed by atoms with Crippen LogP contribution in [-0.2, 0) is 23.8 Å². The summed E-state index contributed by atoms with van der Waals surface area (Å²) in [6, 6.07) is -0.579. The van der Waals surface area contributed by atoms with Crippen molar-refractivity contribution in [2.75, 3.05) is 13.2 Å². The highest BCUT2D eigenvalue weighted by atomic mass is 16.6. The number of aromatic nitrogens is 2. The second kappa shape index (κ2) is 8.79. The van der Waals surface area contributed by atoms with Gasteiger partial charge < -0.3 is 29.8 Å². The van der Waals surface area contributed by atoms with E-state index >= 15 is 0 Å². The van der Waals surface area contributed by atoms with Gasteiger partial charge in [0.25, 0.3) is 5.91 Å². The lowest BCUT2D eigenvalue weighted by molar-refractivity contribution is -0.153. The van der Waals surface area contributed by atoms with Crippen LogP contribution in [0.5, 0.6) is 0 Å². The summed E-state index contributed by atoms with van der Waals surface area (Å²) in [7, 11) is 0. The molecule has 32 heavy (non-hydrogen) atoms. The Morgan fingerprint density at radius 3 is 2.44 bits per heavy atom. The van der Waals surface area contributed by atoms with E-state index < -0.39 is 58.9 Å². The molecule has 11 nitrogen and oxygen atoms in total. The molecule has 5 unspecified atom stereocenters. The Kier molecular flexibility index (Phi) is 6.47. The lowest BCUT2D eigenvalue weighted by Crippen LogP contribution is -2.59. The number of amides is 2. The number of ether oxygens (including phenoxy) is 3. The first-order valence-electron chi connectivity index (χ1n) is 10.7. The maximum absolute atomic E-state index is 13.1. The predicted octanol–water partition coefficient (Wildman–Crippen LogP) is 1.16. The Hall–Kier alpha value is -3.11. The first-order chi connectivity index (χ1) is 15.0. The average molecular weight is 450 g/mol. The molecule has 11 heteroatoms. The standard InChI is InChI=1S/C21H30N4O7/c1-6-30-17(27)14-13-11(24-16(26)12-9-22-10-23-12)8-21(15(13)14,18(28)31-7-2)25-19(29)32-20(3,4)5/h9-11,13-15H,6-8H2,1-5H3,(H,22,23)(H,24,26)(H,25,29). The van der Waals surface area contributed by atoms with E-state index in [9.17, 15) is 19.2 Å². The monoisotopic (exact) mass is 450 g/mol. The fourth-order valence-electron chi connectivity index (χ4n) is 4.56. The third kappa shape index (κ3) is 4.56. The Morgan fingerprint density at radius 1 is 1.19 bits per heavy atom. The van der Waals surface area contributed by atoms with E-state index in [0.29, 0.717) is 0 Å². The molecule has 2 aliphatic rings. The van der Waals surface area contributed by atoms with E-state index in [-0.39, 0.29) is 25.3 Å². The van der Waals surface area contributed by atoms with Crippen LogP contribution in [0.1, 0.15) is 51.5 Å². The van der Waals surface area contributed by atoms with Crippen LogP contribution >= 0.6 is 0 Å². The fourth-order valence-corrected chi connectivity index (χ4v) is 4.56. The second-order valence-electron chi connectivity index (χ2n) is 8.95. The molecule has 5 atom stereocenters. The van der Waals surface area contributed by atoms with Crippen LogP contribution < -0.4 is 10.6 Å². The third-order valence-corrected chi connectivity index (χ3v) is 5.63. The van der Waals surface area contributed by atoms with Crippen molar-refractivity contribution in [1.29, 1.82) is 0 Å². The number of fused-ring (bicyclic) bond motifs is 1. The quantitative estimate of drug-likeness (QED) is 0.414. The highest BCUT2D eigenvalue weighted by molar-refractivity contribution is 5.94. The van der Waals surface area contributed by atoms with Crippen LogP contribution in [0.2, 0.25) is 0 Å². The van der Waals surface area contributed by atoms with E-state index in [2.05, 4.69) is 20.6 Å². The van der Waals surface area contributed by atoms with Gasteiger partial charge in [-0.2, -0.15) is 0 Å². The number of imidazole rings is 1. The average Bonchev–Trinajstić information content (AvgIpc) is 3.03. The van der Waals surface area contributed by atoms with Crippen LogP contribution in [0.4, 0.5) is 4.79 Å². The second-order valence-corrected chi connectivity index (χ2v) is 8.95. The summed E-state index contributed by atoms with van der Waals surface area (Å²) in [5.41, 5.74) is -2.09.